The van der Waals surface area contributed by atoms with Crippen LogP contribution in [0.25, 0.3) is 0 Å². The second-order valence-corrected chi connectivity index (χ2v) is 5.37. The van der Waals surface area contributed by atoms with E-state index in [9.17, 15) is 0 Å². The van der Waals surface area contributed by atoms with Crippen LogP contribution >= 0.6 is 0 Å². The van der Waals surface area contributed by atoms with Crippen molar-refractivity contribution >= 4 is 0 Å². The van der Waals surface area contributed by atoms with E-state index in [0.29, 0.717) is 13.2 Å². The number of ether oxygens (including phenoxy) is 1. The van der Waals surface area contributed by atoms with Crippen LogP contribution in [0.4, 0.5) is 0 Å². The van der Waals surface area contributed by atoms with Gasteiger partial charge in [-0.25, -0.2) is 0 Å². The van der Waals surface area contributed by atoms with Gasteiger partial charge in [-0.2, -0.15) is 0 Å². The standard InChI is InChI=1S/C14H24N2O2/c1-5-6-7-8-17-11-13-9-12(16-18-13)10-15-14(2,3)4/h5,9,15H,1,6-8,10-11H2,2-4H3. The second-order valence-electron chi connectivity index (χ2n) is 5.37. The quantitative estimate of drug-likeness (QED) is 0.570. The molecule has 0 aromatic carbocycles. The number of unbranched alkanes of at least 4 members (excludes halogenated alkanes) is 1. The van der Waals surface area contributed by atoms with Crippen LogP contribution in [-0.2, 0) is 17.9 Å². The molecule has 1 aromatic heterocycles. The van der Waals surface area contributed by atoms with Gasteiger partial charge in [0.05, 0.1) is 5.69 Å². The molecule has 0 aliphatic heterocycles. The maximum atomic E-state index is 5.48. The van der Waals surface area contributed by atoms with E-state index < -0.39 is 0 Å². The van der Waals surface area contributed by atoms with Crippen molar-refractivity contribution in [2.45, 2.75) is 52.3 Å². The summed E-state index contributed by atoms with van der Waals surface area (Å²) in [5.41, 5.74) is 0.995. The van der Waals surface area contributed by atoms with Crippen molar-refractivity contribution in [3.05, 3.63) is 30.2 Å². The van der Waals surface area contributed by atoms with E-state index in [2.05, 4.69) is 37.8 Å². The van der Waals surface area contributed by atoms with Gasteiger partial charge in [0.15, 0.2) is 5.76 Å². The Bertz CT molecular complexity index is 353. The molecule has 4 heteroatoms. The fourth-order valence-corrected chi connectivity index (χ4v) is 1.37. The number of allylic oxidation sites excluding steroid dienone is 1. The van der Waals surface area contributed by atoms with Gasteiger partial charge in [0.25, 0.3) is 0 Å². The van der Waals surface area contributed by atoms with E-state index in [0.717, 1.165) is 30.9 Å². The molecule has 0 saturated heterocycles. The summed E-state index contributed by atoms with van der Waals surface area (Å²) >= 11 is 0. The molecule has 0 aliphatic carbocycles. The van der Waals surface area contributed by atoms with Crippen LogP contribution in [0.2, 0.25) is 0 Å². The van der Waals surface area contributed by atoms with E-state index in [4.69, 9.17) is 9.26 Å². The number of hydrogen-bond acceptors (Lipinski definition) is 4. The summed E-state index contributed by atoms with van der Waals surface area (Å²) in [6, 6.07) is 1.94. The van der Waals surface area contributed by atoms with Crippen molar-refractivity contribution < 1.29 is 9.26 Å². The highest BCUT2D eigenvalue weighted by molar-refractivity contribution is 5.04. The van der Waals surface area contributed by atoms with Gasteiger partial charge in [-0.1, -0.05) is 11.2 Å². The van der Waals surface area contributed by atoms with Crippen LogP contribution in [0.5, 0.6) is 0 Å². The first kappa shape index (κ1) is 14.9. The average Bonchev–Trinajstić information content (AvgIpc) is 2.73. The van der Waals surface area contributed by atoms with Crippen LogP contribution in [0, 0.1) is 0 Å². The minimum Gasteiger partial charge on any atom is -0.373 e. The van der Waals surface area contributed by atoms with Crippen LogP contribution in [0.1, 0.15) is 45.1 Å². The number of nitrogens with zero attached hydrogens (tertiary/aromatic N) is 1. The molecule has 0 bridgehead atoms. The largest absolute Gasteiger partial charge is 0.373 e. The Balaban J connectivity index is 2.23. The van der Waals surface area contributed by atoms with Gasteiger partial charge in [0.2, 0.25) is 0 Å². The Morgan fingerprint density at radius 2 is 2.28 bits per heavy atom. The minimum atomic E-state index is 0.0836. The fraction of sp³-hybridized carbons (Fsp3) is 0.643. The van der Waals surface area contributed by atoms with Crippen molar-refractivity contribution in [2.24, 2.45) is 0 Å². The normalized spacial score (nSPS) is 11.7. The molecular weight excluding hydrogens is 228 g/mol. The monoisotopic (exact) mass is 252 g/mol. The Kier molecular flexibility index (Phi) is 6.09. The number of rotatable bonds is 8. The first-order chi connectivity index (χ1) is 8.51. The van der Waals surface area contributed by atoms with Crippen LogP contribution in [0.15, 0.2) is 23.2 Å². The highest BCUT2D eigenvalue weighted by atomic mass is 16.5. The van der Waals surface area contributed by atoms with Crippen molar-refractivity contribution in [3.8, 4) is 0 Å². The molecular formula is C14H24N2O2. The third kappa shape index (κ3) is 6.57. The SMILES string of the molecule is C=CCCCOCc1cc(CNC(C)(C)C)no1. The van der Waals surface area contributed by atoms with Crippen molar-refractivity contribution in [1.82, 2.24) is 10.5 Å². The summed E-state index contributed by atoms with van der Waals surface area (Å²) < 4.78 is 10.7. The molecule has 0 atom stereocenters. The molecule has 1 N–H and O–H groups in total. The number of nitrogens with one attached hydrogen (secondary N) is 1. The predicted molar refractivity (Wildman–Crippen MR) is 72.2 cm³/mol. The molecule has 0 fully saturated rings. The summed E-state index contributed by atoms with van der Waals surface area (Å²) in [6.07, 6.45) is 3.88. The summed E-state index contributed by atoms with van der Waals surface area (Å²) in [7, 11) is 0. The topological polar surface area (TPSA) is 47.3 Å². The first-order valence-corrected chi connectivity index (χ1v) is 6.39. The first-order valence-electron chi connectivity index (χ1n) is 6.39. The molecule has 0 radical (unpaired) electrons. The van der Waals surface area contributed by atoms with E-state index in [1.807, 2.05) is 12.1 Å². The lowest BCUT2D eigenvalue weighted by molar-refractivity contribution is 0.0995. The van der Waals surface area contributed by atoms with Gasteiger partial charge in [-0.3, -0.25) is 0 Å². The zero-order valence-electron chi connectivity index (χ0n) is 11.7. The molecule has 18 heavy (non-hydrogen) atoms. The zero-order valence-corrected chi connectivity index (χ0v) is 11.7. The molecule has 4 nitrogen and oxygen atoms in total. The Labute approximate surface area is 109 Å². The fourth-order valence-electron chi connectivity index (χ4n) is 1.37. The van der Waals surface area contributed by atoms with Crippen molar-refractivity contribution in [1.29, 1.82) is 0 Å². The van der Waals surface area contributed by atoms with Crippen LogP contribution in [0.3, 0.4) is 0 Å². The lowest BCUT2D eigenvalue weighted by Gasteiger charge is -2.19. The molecule has 0 spiro atoms. The van der Waals surface area contributed by atoms with E-state index in [1.54, 1.807) is 0 Å². The molecule has 0 unspecified atom stereocenters. The number of aromatic nitrogens is 1. The van der Waals surface area contributed by atoms with Gasteiger partial charge < -0.3 is 14.6 Å². The summed E-state index contributed by atoms with van der Waals surface area (Å²) in [4.78, 5) is 0. The third-order valence-electron chi connectivity index (χ3n) is 2.35. The Hall–Kier alpha value is -1.13. The lowest BCUT2D eigenvalue weighted by atomic mass is 10.1. The summed E-state index contributed by atoms with van der Waals surface area (Å²) in [6.45, 7) is 12.0. The van der Waals surface area contributed by atoms with Gasteiger partial charge in [0, 0.05) is 24.8 Å². The lowest BCUT2D eigenvalue weighted by Crippen LogP contribution is -2.35. The van der Waals surface area contributed by atoms with E-state index >= 15 is 0 Å². The molecule has 1 rings (SSSR count). The van der Waals surface area contributed by atoms with E-state index in [-0.39, 0.29) is 5.54 Å². The molecule has 0 saturated carbocycles. The van der Waals surface area contributed by atoms with Gasteiger partial charge in [-0.15, -0.1) is 6.58 Å². The van der Waals surface area contributed by atoms with Crippen LogP contribution in [-0.4, -0.2) is 17.3 Å². The average molecular weight is 252 g/mol. The molecule has 1 aromatic rings. The summed E-state index contributed by atoms with van der Waals surface area (Å²) in [5, 5.41) is 7.36. The maximum absolute atomic E-state index is 5.48. The molecule has 0 aliphatic rings. The zero-order chi connectivity index (χ0) is 13.4. The Morgan fingerprint density at radius 3 is 2.94 bits per heavy atom. The molecule has 1 heterocycles. The molecule has 102 valence electrons. The highest BCUT2D eigenvalue weighted by Gasteiger charge is 2.10. The van der Waals surface area contributed by atoms with Crippen LogP contribution < -0.4 is 5.32 Å². The minimum absolute atomic E-state index is 0.0836. The van der Waals surface area contributed by atoms with Gasteiger partial charge in [0.1, 0.15) is 6.61 Å². The highest BCUT2D eigenvalue weighted by Crippen LogP contribution is 2.07. The number of hydrogen-bond donors (Lipinski definition) is 1. The van der Waals surface area contributed by atoms with Gasteiger partial charge >= 0.3 is 0 Å². The summed E-state index contributed by atoms with van der Waals surface area (Å²) in [5.74, 6) is 0.777. The predicted octanol–water partition coefficient (Wildman–Crippen LogP) is 3.05. The van der Waals surface area contributed by atoms with Gasteiger partial charge in [-0.05, 0) is 33.6 Å². The second kappa shape index (κ2) is 7.34. The molecule has 0 amide bonds. The third-order valence-corrected chi connectivity index (χ3v) is 2.35. The van der Waals surface area contributed by atoms with E-state index in [1.165, 1.54) is 0 Å². The van der Waals surface area contributed by atoms with Crippen molar-refractivity contribution in [2.75, 3.05) is 6.61 Å². The van der Waals surface area contributed by atoms with Crippen molar-refractivity contribution in [3.63, 3.8) is 0 Å². The maximum Gasteiger partial charge on any atom is 0.162 e. The Morgan fingerprint density at radius 1 is 1.50 bits per heavy atom. The smallest absolute Gasteiger partial charge is 0.162 e.